The van der Waals surface area contributed by atoms with Crippen molar-refractivity contribution in [3.05, 3.63) is 35.9 Å². The highest BCUT2D eigenvalue weighted by molar-refractivity contribution is 6.06. The number of hydrogen-bond donors (Lipinski definition) is 6. The van der Waals surface area contributed by atoms with Crippen LogP contribution in [0.4, 0.5) is 0 Å². The predicted octanol–water partition coefficient (Wildman–Crippen LogP) is -1.33. The van der Waals surface area contributed by atoms with Gasteiger partial charge in [-0.05, 0) is 25.3 Å². The first-order valence-electron chi connectivity index (χ1n) is 13.0. The number of fused-ring (bicyclic) bond motifs is 3. The zero-order valence-electron chi connectivity index (χ0n) is 20.9. The van der Waals surface area contributed by atoms with Gasteiger partial charge in [-0.25, -0.2) is 0 Å². The number of hydrogen-bond acceptors (Lipinski definition) is 11. The minimum atomic E-state index is -1.66. The van der Waals surface area contributed by atoms with Crippen LogP contribution >= 0.6 is 0 Å². The summed E-state index contributed by atoms with van der Waals surface area (Å²) in [5.74, 6) is -3.41. The first-order chi connectivity index (χ1) is 18.1. The number of amides is 2. The number of imide groups is 1. The number of nitrogens with zero attached hydrogens (tertiary/aromatic N) is 2. The van der Waals surface area contributed by atoms with Gasteiger partial charge in [0.25, 0.3) is 6.29 Å². The molecule has 0 unspecified atom stereocenters. The second-order valence-electron chi connectivity index (χ2n) is 10.7. The fourth-order valence-electron chi connectivity index (χ4n) is 6.53. The standard InChI is InChI=1S/C26H34N2O10/c1-11(12-5-3-2-4-6-12)28-24(35)14-8-7-13-15(9-16(30)20(31)18(13)19(14)25(28)36)27-38-26-23(34)22(33)21(32)17(10-29)37-26/h2-6,11,13-14,16-23,26,29-34H,7-10H2,1H3/b27-15+/t11-,13-,14+,16+,17+,18-,19+,20+,21+,22-,23+,26-/m0/s1. The normalized spacial score (nSPS) is 43.1. The predicted molar refractivity (Wildman–Crippen MR) is 129 cm³/mol. The molecular formula is C26H34N2O10. The van der Waals surface area contributed by atoms with Gasteiger partial charge in [0.2, 0.25) is 11.8 Å². The number of benzene rings is 1. The lowest BCUT2D eigenvalue weighted by Crippen LogP contribution is -2.59. The summed E-state index contributed by atoms with van der Waals surface area (Å²) in [6, 6.07) is 8.71. The number of rotatable bonds is 5. The minimum absolute atomic E-state index is 0.0661. The lowest BCUT2D eigenvalue weighted by molar-refractivity contribution is -0.301. The summed E-state index contributed by atoms with van der Waals surface area (Å²) in [4.78, 5) is 33.7. The summed E-state index contributed by atoms with van der Waals surface area (Å²) < 4.78 is 5.33. The van der Waals surface area contributed by atoms with Crippen molar-refractivity contribution in [1.29, 1.82) is 0 Å². The van der Waals surface area contributed by atoms with Crippen LogP contribution in [0.2, 0.25) is 0 Å². The molecule has 6 N–H and O–H groups in total. The van der Waals surface area contributed by atoms with Gasteiger partial charge in [-0.1, -0.05) is 35.5 Å². The van der Waals surface area contributed by atoms with Crippen molar-refractivity contribution in [2.75, 3.05) is 6.61 Å². The van der Waals surface area contributed by atoms with E-state index in [1.54, 1.807) is 6.92 Å². The van der Waals surface area contributed by atoms with Gasteiger partial charge in [0.15, 0.2) is 0 Å². The molecule has 12 heteroatoms. The zero-order chi connectivity index (χ0) is 27.3. The number of carbonyl (C=O) groups is 2. The van der Waals surface area contributed by atoms with Crippen molar-refractivity contribution in [2.45, 2.75) is 75.1 Å². The van der Waals surface area contributed by atoms with Crippen LogP contribution in [0.5, 0.6) is 0 Å². The van der Waals surface area contributed by atoms with Gasteiger partial charge >= 0.3 is 0 Å². The molecule has 1 aromatic carbocycles. The number of likely N-dealkylation sites (tertiary alicyclic amines) is 1. The fourth-order valence-corrected chi connectivity index (χ4v) is 6.53. The van der Waals surface area contributed by atoms with E-state index < -0.39 is 85.1 Å². The van der Waals surface area contributed by atoms with Crippen molar-refractivity contribution >= 4 is 17.5 Å². The average molecular weight is 535 g/mol. The van der Waals surface area contributed by atoms with E-state index in [0.29, 0.717) is 18.6 Å². The van der Waals surface area contributed by atoms with Crippen LogP contribution in [0.25, 0.3) is 0 Å². The average Bonchev–Trinajstić information content (AvgIpc) is 3.18. The van der Waals surface area contributed by atoms with Gasteiger partial charge in [0.05, 0.1) is 42.4 Å². The second-order valence-corrected chi connectivity index (χ2v) is 10.7. The molecule has 2 amide bonds. The van der Waals surface area contributed by atoms with Crippen molar-refractivity contribution < 1.29 is 49.8 Å². The molecule has 2 aliphatic heterocycles. The summed E-state index contributed by atoms with van der Waals surface area (Å²) in [7, 11) is 0. The first-order valence-corrected chi connectivity index (χ1v) is 13.0. The van der Waals surface area contributed by atoms with Crippen LogP contribution in [0.15, 0.2) is 35.5 Å². The van der Waals surface area contributed by atoms with Gasteiger partial charge < -0.3 is 40.2 Å². The summed E-state index contributed by atoms with van der Waals surface area (Å²) in [6.45, 7) is 1.15. The van der Waals surface area contributed by atoms with E-state index in [9.17, 15) is 40.2 Å². The number of oxime groups is 1. The molecule has 0 spiro atoms. The van der Waals surface area contributed by atoms with E-state index in [2.05, 4.69) is 5.16 Å². The van der Waals surface area contributed by atoms with E-state index in [1.807, 2.05) is 30.3 Å². The van der Waals surface area contributed by atoms with E-state index in [0.717, 1.165) is 5.56 Å². The van der Waals surface area contributed by atoms with Gasteiger partial charge in [0.1, 0.15) is 24.4 Å². The van der Waals surface area contributed by atoms with Crippen molar-refractivity contribution in [2.24, 2.45) is 28.8 Å². The summed E-state index contributed by atoms with van der Waals surface area (Å²) >= 11 is 0. The smallest absolute Gasteiger partial charge is 0.256 e. The highest BCUT2D eigenvalue weighted by Gasteiger charge is 2.60. The summed E-state index contributed by atoms with van der Waals surface area (Å²) in [6.07, 6.45) is -9.34. The number of carbonyl (C=O) groups excluding carboxylic acids is 2. The molecule has 1 aromatic rings. The Labute approximate surface area is 219 Å². The molecule has 0 aromatic heterocycles. The Kier molecular flexibility index (Phi) is 7.57. The molecule has 0 bridgehead atoms. The van der Waals surface area contributed by atoms with Crippen molar-refractivity contribution in [1.82, 2.24) is 4.90 Å². The quantitative estimate of drug-likeness (QED) is 0.195. The topological polar surface area (TPSA) is 190 Å². The van der Waals surface area contributed by atoms with E-state index in [4.69, 9.17) is 9.57 Å². The Bertz CT molecular complexity index is 1070. The SMILES string of the molecule is C[C@@H](c1ccccc1)N1C(=O)[C@H]2[C@H]3[C@H](O)[C@H](O)C/C(=N\O[C@@H]4O[C@H](CO)[C@@H](O)[C@H](O)[C@H]4O)[C@@H]3CC[C@H]2C1=O. The Balaban J connectivity index is 1.39. The maximum absolute atomic E-state index is 13.7. The Morgan fingerprint density at radius 3 is 2.34 bits per heavy atom. The number of aliphatic hydroxyl groups excluding tert-OH is 6. The first kappa shape index (κ1) is 27.1. The minimum Gasteiger partial charge on any atom is -0.394 e. The molecule has 38 heavy (non-hydrogen) atoms. The van der Waals surface area contributed by atoms with Crippen molar-refractivity contribution in [3.8, 4) is 0 Å². The van der Waals surface area contributed by atoms with Crippen LogP contribution in [-0.4, -0.2) is 103 Å². The number of aliphatic hydroxyl groups is 6. The number of ether oxygens (including phenoxy) is 1. The summed E-state index contributed by atoms with van der Waals surface area (Å²) in [5.41, 5.74) is 1.14. The van der Waals surface area contributed by atoms with Crippen LogP contribution in [0, 0.1) is 23.7 Å². The third-order valence-electron chi connectivity index (χ3n) is 8.61. The lowest BCUT2D eigenvalue weighted by atomic mass is 9.60. The lowest BCUT2D eigenvalue weighted by Gasteiger charge is -2.45. The molecule has 208 valence electrons. The maximum atomic E-state index is 13.7. The molecular weight excluding hydrogens is 500 g/mol. The van der Waals surface area contributed by atoms with Crippen LogP contribution in [-0.2, 0) is 19.2 Å². The summed E-state index contributed by atoms with van der Waals surface area (Å²) in [5, 5.41) is 65.4. The van der Waals surface area contributed by atoms with Gasteiger partial charge in [-0.15, -0.1) is 0 Å². The Morgan fingerprint density at radius 2 is 1.66 bits per heavy atom. The van der Waals surface area contributed by atoms with E-state index >= 15 is 0 Å². The van der Waals surface area contributed by atoms with Crippen LogP contribution in [0.3, 0.4) is 0 Å². The third kappa shape index (κ3) is 4.43. The molecule has 2 heterocycles. The largest absolute Gasteiger partial charge is 0.394 e. The van der Waals surface area contributed by atoms with E-state index in [1.165, 1.54) is 4.90 Å². The molecule has 5 rings (SSSR count). The maximum Gasteiger partial charge on any atom is 0.256 e. The van der Waals surface area contributed by atoms with Gasteiger partial charge in [-0.2, -0.15) is 0 Å². The second kappa shape index (κ2) is 10.6. The van der Waals surface area contributed by atoms with E-state index in [-0.39, 0.29) is 12.3 Å². The molecule has 0 radical (unpaired) electrons. The zero-order valence-corrected chi connectivity index (χ0v) is 20.9. The molecule has 2 saturated heterocycles. The Hall–Kier alpha value is -2.45. The van der Waals surface area contributed by atoms with Crippen molar-refractivity contribution in [3.63, 3.8) is 0 Å². The third-order valence-corrected chi connectivity index (χ3v) is 8.61. The van der Waals surface area contributed by atoms with Gasteiger partial charge in [0, 0.05) is 18.3 Å². The van der Waals surface area contributed by atoms with Gasteiger partial charge in [-0.3, -0.25) is 14.5 Å². The van der Waals surface area contributed by atoms with Crippen LogP contribution in [0.1, 0.15) is 37.8 Å². The monoisotopic (exact) mass is 534 g/mol. The molecule has 2 saturated carbocycles. The molecule has 2 aliphatic carbocycles. The molecule has 4 fully saturated rings. The highest BCUT2D eigenvalue weighted by Crippen LogP contribution is 2.51. The molecule has 12 nitrogen and oxygen atoms in total. The highest BCUT2D eigenvalue weighted by atomic mass is 16.8. The fraction of sp³-hybridized carbons (Fsp3) is 0.654. The molecule has 4 aliphatic rings. The Morgan fingerprint density at radius 1 is 0.974 bits per heavy atom. The molecule has 12 atom stereocenters. The van der Waals surface area contributed by atoms with Crippen LogP contribution < -0.4 is 0 Å².